The molecule has 0 saturated carbocycles. The van der Waals surface area contributed by atoms with Crippen LogP contribution in [0.15, 0.2) is 24.3 Å². The Morgan fingerprint density at radius 2 is 1.95 bits per heavy atom. The molecule has 1 aliphatic rings. The SMILES string of the molecule is C[C@H](C[NH+]1[C@H](C)CCC[C@@H]1C)OC(=O)c1ccccc1F. The van der Waals surface area contributed by atoms with Crippen LogP contribution in [-0.2, 0) is 4.74 Å². The van der Waals surface area contributed by atoms with Gasteiger partial charge >= 0.3 is 5.97 Å². The Morgan fingerprint density at radius 3 is 2.57 bits per heavy atom. The van der Waals surface area contributed by atoms with Crippen LogP contribution in [0.5, 0.6) is 0 Å². The molecule has 1 N–H and O–H groups in total. The Hall–Kier alpha value is -1.42. The van der Waals surface area contributed by atoms with Crippen LogP contribution in [0.25, 0.3) is 0 Å². The normalized spacial score (nSPS) is 27.1. The number of esters is 1. The Labute approximate surface area is 126 Å². The first-order valence-corrected chi connectivity index (χ1v) is 7.80. The molecule has 0 amide bonds. The van der Waals surface area contributed by atoms with E-state index in [1.807, 2.05) is 6.92 Å². The number of ether oxygens (including phenoxy) is 1. The Morgan fingerprint density at radius 1 is 1.33 bits per heavy atom. The number of benzene rings is 1. The molecular formula is C17H25FNO2+. The quantitative estimate of drug-likeness (QED) is 0.863. The van der Waals surface area contributed by atoms with Crippen molar-refractivity contribution in [3.05, 3.63) is 35.6 Å². The van der Waals surface area contributed by atoms with Gasteiger partial charge in [-0.1, -0.05) is 12.1 Å². The lowest BCUT2D eigenvalue weighted by Gasteiger charge is -2.37. The second-order valence-electron chi connectivity index (χ2n) is 6.21. The highest BCUT2D eigenvalue weighted by molar-refractivity contribution is 5.89. The van der Waals surface area contributed by atoms with E-state index in [4.69, 9.17) is 4.74 Å². The van der Waals surface area contributed by atoms with E-state index in [0.717, 1.165) is 6.54 Å². The lowest BCUT2D eigenvalue weighted by atomic mass is 9.97. The van der Waals surface area contributed by atoms with Crippen molar-refractivity contribution in [3.8, 4) is 0 Å². The predicted octanol–water partition coefficient (Wildman–Crippen LogP) is 2.22. The molecule has 1 saturated heterocycles. The first-order valence-electron chi connectivity index (χ1n) is 7.80. The highest BCUT2D eigenvalue weighted by Gasteiger charge is 2.30. The number of rotatable bonds is 4. The summed E-state index contributed by atoms with van der Waals surface area (Å²) in [5.41, 5.74) is 0.0130. The van der Waals surface area contributed by atoms with Gasteiger partial charge < -0.3 is 9.64 Å². The van der Waals surface area contributed by atoms with E-state index in [0.29, 0.717) is 12.1 Å². The molecule has 21 heavy (non-hydrogen) atoms. The summed E-state index contributed by atoms with van der Waals surface area (Å²) in [6, 6.07) is 7.12. The third-order valence-electron chi connectivity index (χ3n) is 4.47. The zero-order valence-electron chi connectivity index (χ0n) is 13.1. The third-order valence-corrected chi connectivity index (χ3v) is 4.47. The second kappa shape index (κ2) is 7.03. The third kappa shape index (κ3) is 4.03. The minimum atomic E-state index is -0.572. The van der Waals surface area contributed by atoms with Crippen molar-refractivity contribution >= 4 is 5.97 Å². The first-order chi connectivity index (χ1) is 9.99. The molecule has 4 heteroatoms. The van der Waals surface area contributed by atoms with Crippen LogP contribution in [0.3, 0.4) is 0 Å². The average Bonchev–Trinajstić information content (AvgIpc) is 2.43. The number of halogens is 1. The summed E-state index contributed by atoms with van der Waals surface area (Å²) >= 11 is 0. The van der Waals surface area contributed by atoms with Crippen LogP contribution >= 0.6 is 0 Å². The molecule has 3 nitrogen and oxygen atoms in total. The van der Waals surface area contributed by atoms with Gasteiger partial charge in [0.15, 0.2) is 0 Å². The molecule has 1 unspecified atom stereocenters. The molecule has 0 radical (unpaired) electrons. The van der Waals surface area contributed by atoms with Gasteiger partial charge in [-0.25, -0.2) is 9.18 Å². The highest BCUT2D eigenvalue weighted by atomic mass is 19.1. The molecule has 4 atom stereocenters. The van der Waals surface area contributed by atoms with Crippen molar-refractivity contribution in [3.63, 3.8) is 0 Å². The largest absolute Gasteiger partial charge is 0.453 e. The summed E-state index contributed by atoms with van der Waals surface area (Å²) in [5, 5.41) is 0. The number of piperidine rings is 1. The molecule has 1 aliphatic heterocycles. The number of hydrogen-bond acceptors (Lipinski definition) is 2. The second-order valence-corrected chi connectivity index (χ2v) is 6.21. The van der Waals surface area contributed by atoms with Crippen molar-refractivity contribution in [1.29, 1.82) is 0 Å². The molecule has 0 aliphatic carbocycles. The lowest BCUT2D eigenvalue weighted by molar-refractivity contribution is -0.953. The molecule has 0 aromatic heterocycles. The maximum Gasteiger partial charge on any atom is 0.341 e. The predicted molar refractivity (Wildman–Crippen MR) is 79.9 cm³/mol. The minimum Gasteiger partial charge on any atom is -0.453 e. The highest BCUT2D eigenvalue weighted by Crippen LogP contribution is 2.10. The van der Waals surface area contributed by atoms with E-state index < -0.39 is 11.8 Å². The van der Waals surface area contributed by atoms with Gasteiger partial charge in [0.05, 0.1) is 17.6 Å². The van der Waals surface area contributed by atoms with Crippen LogP contribution in [0.4, 0.5) is 4.39 Å². The van der Waals surface area contributed by atoms with Gasteiger partial charge in [-0.15, -0.1) is 0 Å². The Bertz CT molecular complexity index is 481. The van der Waals surface area contributed by atoms with Gasteiger partial charge in [-0.05, 0) is 52.2 Å². The fourth-order valence-corrected chi connectivity index (χ4v) is 3.24. The van der Waals surface area contributed by atoms with E-state index in [2.05, 4.69) is 13.8 Å². The van der Waals surface area contributed by atoms with Crippen molar-refractivity contribution in [2.45, 2.75) is 58.2 Å². The van der Waals surface area contributed by atoms with Crippen LogP contribution in [0, 0.1) is 5.82 Å². The lowest BCUT2D eigenvalue weighted by Crippen LogP contribution is -3.20. The number of likely N-dealkylation sites (tertiary alicyclic amines) is 1. The maximum atomic E-state index is 13.6. The number of nitrogens with one attached hydrogen (secondary N) is 1. The molecule has 0 spiro atoms. The molecule has 2 rings (SSSR count). The van der Waals surface area contributed by atoms with Gasteiger partial charge in [-0.2, -0.15) is 0 Å². The molecule has 1 fully saturated rings. The zero-order chi connectivity index (χ0) is 15.4. The molecular weight excluding hydrogens is 269 g/mol. The number of quaternary nitrogens is 1. The van der Waals surface area contributed by atoms with E-state index in [1.54, 1.807) is 12.1 Å². The maximum absolute atomic E-state index is 13.6. The summed E-state index contributed by atoms with van der Waals surface area (Å²) < 4.78 is 19.0. The van der Waals surface area contributed by atoms with Crippen molar-refractivity contribution < 1.29 is 18.8 Å². The fraction of sp³-hybridized carbons (Fsp3) is 0.588. The standard InChI is InChI=1S/C17H24FNO2/c1-12-7-6-8-13(2)19(12)11-14(3)21-17(20)15-9-4-5-10-16(15)18/h4-5,9-10,12-14H,6-8,11H2,1-3H3/p+1/t12-,13+,14-/m1/s1. The molecule has 116 valence electrons. The number of carbonyl (C=O) groups excluding carboxylic acids is 1. The van der Waals surface area contributed by atoms with E-state index >= 15 is 0 Å². The van der Waals surface area contributed by atoms with Gasteiger partial charge in [0, 0.05) is 0 Å². The molecule has 1 heterocycles. The zero-order valence-corrected chi connectivity index (χ0v) is 13.1. The Balaban J connectivity index is 1.93. The number of carbonyl (C=O) groups is 1. The van der Waals surface area contributed by atoms with Gasteiger partial charge in [0.2, 0.25) is 0 Å². The van der Waals surface area contributed by atoms with Crippen LogP contribution in [0.2, 0.25) is 0 Å². The average molecular weight is 294 g/mol. The fourth-order valence-electron chi connectivity index (χ4n) is 3.24. The van der Waals surface area contributed by atoms with Gasteiger partial charge in [0.25, 0.3) is 0 Å². The van der Waals surface area contributed by atoms with Gasteiger partial charge in [-0.3, -0.25) is 0 Å². The summed E-state index contributed by atoms with van der Waals surface area (Å²) in [4.78, 5) is 13.5. The van der Waals surface area contributed by atoms with Gasteiger partial charge in [0.1, 0.15) is 18.5 Å². The van der Waals surface area contributed by atoms with Crippen LogP contribution < -0.4 is 4.90 Å². The van der Waals surface area contributed by atoms with E-state index in [9.17, 15) is 9.18 Å². The molecule has 0 bridgehead atoms. The Kier molecular flexibility index (Phi) is 5.34. The molecule has 1 aromatic carbocycles. The van der Waals surface area contributed by atoms with Crippen molar-refractivity contribution in [2.75, 3.05) is 6.54 Å². The smallest absolute Gasteiger partial charge is 0.341 e. The summed E-state index contributed by atoms with van der Waals surface area (Å²) in [7, 11) is 0. The summed E-state index contributed by atoms with van der Waals surface area (Å²) in [6.45, 7) is 7.16. The molecule has 1 aromatic rings. The van der Waals surface area contributed by atoms with E-state index in [1.165, 1.54) is 36.3 Å². The minimum absolute atomic E-state index is 0.0130. The summed E-state index contributed by atoms with van der Waals surface area (Å²) in [5.74, 6) is -1.10. The number of hydrogen-bond donors (Lipinski definition) is 1. The summed E-state index contributed by atoms with van der Waals surface area (Å²) in [6.07, 6.45) is 3.49. The monoisotopic (exact) mass is 294 g/mol. The van der Waals surface area contributed by atoms with E-state index in [-0.39, 0.29) is 11.7 Å². The first kappa shape index (κ1) is 16.0. The topological polar surface area (TPSA) is 30.7 Å². The van der Waals surface area contributed by atoms with Crippen LogP contribution in [0.1, 0.15) is 50.4 Å². The van der Waals surface area contributed by atoms with Crippen LogP contribution in [-0.4, -0.2) is 30.7 Å². The van der Waals surface area contributed by atoms with Crippen molar-refractivity contribution in [1.82, 2.24) is 0 Å². The van der Waals surface area contributed by atoms with Crippen molar-refractivity contribution in [2.24, 2.45) is 0 Å².